The molecule has 26 heavy (non-hydrogen) atoms. The van der Waals surface area contributed by atoms with E-state index in [2.05, 4.69) is 10.3 Å². The van der Waals surface area contributed by atoms with E-state index in [4.69, 9.17) is 0 Å². The van der Waals surface area contributed by atoms with Crippen LogP contribution in [0.2, 0.25) is 0 Å². The predicted octanol–water partition coefficient (Wildman–Crippen LogP) is 4.78. The molecule has 1 amide bonds. The molecular weight excluding hydrogens is 327 g/mol. The van der Waals surface area contributed by atoms with Crippen LogP contribution in [0.5, 0.6) is 0 Å². The number of amides is 1. The van der Waals surface area contributed by atoms with Crippen molar-refractivity contribution >= 4 is 12.0 Å². The molecule has 1 N–H and O–H groups in total. The SMILES string of the molecule is CC(NC(=O)C=Cc1ccccc1F)c1cccc(-c2cccnc2)c1. The summed E-state index contributed by atoms with van der Waals surface area (Å²) in [4.78, 5) is 16.3. The fraction of sp³-hybridized carbons (Fsp3) is 0.0909. The fourth-order valence-electron chi connectivity index (χ4n) is 2.64. The first-order valence-corrected chi connectivity index (χ1v) is 8.37. The minimum atomic E-state index is -0.353. The lowest BCUT2D eigenvalue weighted by Gasteiger charge is -2.14. The van der Waals surface area contributed by atoms with Crippen molar-refractivity contribution in [3.63, 3.8) is 0 Å². The summed E-state index contributed by atoms with van der Waals surface area (Å²) in [6, 6.07) is 18.0. The molecule has 1 unspecified atom stereocenters. The van der Waals surface area contributed by atoms with Gasteiger partial charge < -0.3 is 5.32 Å². The lowest BCUT2D eigenvalue weighted by Crippen LogP contribution is -2.24. The maximum Gasteiger partial charge on any atom is 0.244 e. The number of nitrogens with one attached hydrogen (secondary N) is 1. The Morgan fingerprint density at radius 2 is 1.88 bits per heavy atom. The van der Waals surface area contributed by atoms with Crippen molar-refractivity contribution < 1.29 is 9.18 Å². The second kappa shape index (κ2) is 8.21. The van der Waals surface area contributed by atoms with Crippen molar-refractivity contribution in [1.29, 1.82) is 0 Å². The molecule has 0 fully saturated rings. The number of carbonyl (C=O) groups is 1. The highest BCUT2D eigenvalue weighted by molar-refractivity contribution is 5.92. The number of nitrogens with zero attached hydrogens (tertiary/aromatic N) is 1. The summed E-state index contributed by atoms with van der Waals surface area (Å²) in [5.74, 6) is -0.624. The van der Waals surface area contributed by atoms with Gasteiger partial charge in [-0.15, -0.1) is 0 Å². The van der Waals surface area contributed by atoms with Crippen LogP contribution in [-0.2, 0) is 4.79 Å². The standard InChI is InChI=1S/C22H19FN2O/c1-16(25-22(26)12-11-17-6-2-3-10-21(17)23)18-7-4-8-19(14-18)20-9-5-13-24-15-20/h2-16H,1H3,(H,25,26). The summed E-state index contributed by atoms with van der Waals surface area (Å²) in [7, 11) is 0. The van der Waals surface area contributed by atoms with Gasteiger partial charge in [0.25, 0.3) is 0 Å². The molecule has 1 heterocycles. The quantitative estimate of drug-likeness (QED) is 0.676. The molecule has 0 aliphatic carbocycles. The number of hydrogen-bond acceptors (Lipinski definition) is 2. The van der Waals surface area contributed by atoms with E-state index in [1.54, 1.807) is 30.6 Å². The Labute approximate surface area is 152 Å². The van der Waals surface area contributed by atoms with E-state index in [-0.39, 0.29) is 17.8 Å². The Morgan fingerprint density at radius 3 is 2.65 bits per heavy atom. The second-order valence-corrected chi connectivity index (χ2v) is 5.95. The van der Waals surface area contributed by atoms with E-state index >= 15 is 0 Å². The monoisotopic (exact) mass is 346 g/mol. The Hall–Kier alpha value is -3.27. The zero-order chi connectivity index (χ0) is 18.4. The van der Waals surface area contributed by atoms with Crippen molar-refractivity contribution in [2.24, 2.45) is 0 Å². The van der Waals surface area contributed by atoms with Gasteiger partial charge in [0.2, 0.25) is 5.91 Å². The van der Waals surface area contributed by atoms with E-state index in [0.717, 1.165) is 16.7 Å². The number of rotatable bonds is 5. The Bertz CT molecular complexity index is 922. The zero-order valence-corrected chi connectivity index (χ0v) is 14.4. The molecular formula is C22H19FN2O. The van der Waals surface area contributed by atoms with Gasteiger partial charge in [0, 0.05) is 24.0 Å². The third kappa shape index (κ3) is 4.42. The van der Waals surface area contributed by atoms with Crippen LogP contribution in [0.1, 0.15) is 24.1 Å². The number of benzene rings is 2. The number of aromatic nitrogens is 1. The largest absolute Gasteiger partial charge is 0.346 e. The molecule has 2 aromatic carbocycles. The smallest absolute Gasteiger partial charge is 0.244 e. The molecule has 1 aromatic heterocycles. The Morgan fingerprint density at radius 1 is 1.08 bits per heavy atom. The van der Waals surface area contributed by atoms with Gasteiger partial charge in [0.15, 0.2) is 0 Å². The van der Waals surface area contributed by atoms with Gasteiger partial charge in [-0.3, -0.25) is 9.78 Å². The van der Waals surface area contributed by atoms with E-state index in [9.17, 15) is 9.18 Å². The highest BCUT2D eigenvalue weighted by atomic mass is 19.1. The third-order valence-electron chi connectivity index (χ3n) is 4.06. The topological polar surface area (TPSA) is 42.0 Å². The normalized spacial score (nSPS) is 12.1. The van der Waals surface area contributed by atoms with E-state index in [1.807, 2.05) is 43.3 Å². The number of hydrogen-bond donors (Lipinski definition) is 1. The molecule has 3 nitrogen and oxygen atoms in total. The van der Waals surface area contributed by atoms with Crippen LogP contribution in [0.3, 0.4) is 0 Å². The van der Waals surface area contributed by atoms with Crippen LogP contribution in [0.4, 0.5) is 4.39 Å². The summed E-state index contributed by atoms with van der Waals surface area (Å²) in [6.07, 6.45) is 6.36. The van der Waals surface area contributed by atoms with Crippen LogP contribution >= 0.6 is 0 Å². The van der Waals surface area contributed by atoms with Gasteiger partial charge in [-0.2, -0.15) is 0 Å². The van der Waals surface area contributed by atoms with Gasteiger partial charge in [0.05, 0.1) is 6.04 Å². The first kappa shape index (κ1) is 17.5. The van der Waals surface area contributed by atoms with Crippen molar-refractivity contribution in [3.05, 3.63) is 96.1 Å². The maximum absolute atomic E-state index is 13.6. The lowest BCUT2D eigenvalue weighted by atomic mass is 10.0. The Kier molecular flexibility index (Phi) is 5.54. The minimum absolute atomic E-state index is 0.176. The van der Waals surface area contributed by atoms with Crippen LogP contribution in [0.15, 0.2) is 79.1 Å². The lowest BCUT2D eigenvalue weighted by molar-refractivity contribution is -0.117. The minimum Gasteiger partial charge on any atom is -0.346 e. The first-order chi connectivity index (χ1) is 12.6. The summed E-state index contributed by atoms with van der Waals surface area (Å²) in [5.41, 5.74) is 3.43. The molecule has 130 valence electrons. The van der Waals surface area contributed by atoms with Crippen LogP contribution < -0.4 is 5.32 Å². The molecule has 0 bridgehead atoms. The second-order valence-electron chi connectivity index (χ2n) is 5.95. The molecule has 3 rings (SSSR count). The summed E-state index contributed by atoms with van der Waals surface area (Å²) in [6.45, 7) is 1.91. The van der Waals surface area contributed by atoms with Crippen molar-refractivity contribution in [1.82, 2.24) is 10.3 Å². The van der Waals surface area contributed by atoms with Gasteiger partial charge >= 0.3 is 0 Å². The zero-order valence-electron chi connectivity index (χ0n) is 14.4. The average Bonchev–Trinajstić information content (AvgIpc) is 2.68. The van der Waals surface area contributed by atoms with Gasteiger partial charge in [-0.1, -0.05) is 42.5 Å². The molecule has 0 saturated heterocycles. The van der Waals surface area contributed by atoms with E-state index in [0.29, 0.717) is 5.56 Å². The third-order valence-corrected chi connectivity index (χ3v) is 4.06. The van der Waals surface area contributed by atoms with Crippen molar-refractivity contribution in [2.75, 3.05) is 0 Å². The fourth-order valence-corrected chi connectivity index (χ4v) is 2.64. The highest BCUT2D eigenvalue weighted by Gasteiger charge is 2.09. The molecule has 0 aliphatic heterocycles. The molecule has 4 heteroatoms. The number of halogens is 1. The first-order valence-electron chi connectivity index (χ1n) is 8.37. The Balaban J connectivity index is 1.69. The molecule has 1 atom stereocenters. The maximum atomic E-state index is 13.6. The summed E-state index contributed by atoms with van der Waals surface area (Å²) < 4.78 is 13.6. The summed E-state index contributed by atoms with van der Waals surface area (Å²) in [5, 5.41) is 2.90. The van der Waals surface area contributed by atoms with E-state index in [1.165, 1.54) is 18.2 Å². The van der Waals surface area contributed by atoms with Gasteiger partial charge in [0.1, 0.15) is 5.82 Å². The summed E-state index contributed by atoms with van der Waals surface area (Å²) >= 11 is 0. The number of pyridine rings is 1. The van der Waals surface area contributed by atoms with Crippen molar-refractivity contribution in [3.8, 4) is 11.1 Å². The molecule has 0 spiro atoms. The van der Waals surface area contributed by atoms with E-state index < -0.39 is 0 Å². The van der Waals surface area contributed by atoms with Crippen LogP contribution in [0, 0.1) is 5.82 Å². The van der Waals surface area contributed by atoms with Crippen LogP contribution in [0.25, 0.3) is 17.2 Å². The molecule has 0 radical (unpaired) electrons. The number of carbonyl (C=O) groups excluding carboxylic acids is 1. The molecule has 0 aliphatic rings. The highest BCUT2D eigenvalue weighted by Crippen LogP contribution is 2.22. The van der Waals surface area contributed by atoms with Crippen LogP contribution in [-0.4, -0.2) is 10.9 Å². The average molecular weight is 346 g/mol. The van der Waals surface area contributed by atoms with Crippen molar-refractivity contribution in [2.45, 2.75) is 13.0 Å². The molecule has 0 saturated carbocycles. The molecule has 3 aromatic rings. The predicted molar refractivity (Wildman–Crippen MR) is 102 cm³/mol. The van der Waals surface area contributed by atoms with Gasteiger partial charge in [-0.25, -0.2) is 4.39 Å². The van der Waals surface area contributed by atoms with Gasteiger partial charge in [-0.05, 0) is 47.9 Å².